The van der Waals surface area contributed by atoms with Gasteiger partial charge in [-0.15, -0.1) is 0 Å². The van der Waals surface area contributed by atoms with Crippen LogP contribution in [0.3, 0.4) is 0 Å². The van der Waals surface area contributed by atoms with E-state index in [2.05, 4.69) is 15.0 Å². The number of hydrogen-bond donors (Lipinski definition) is 1. The molecule has 78 valence electrons. The second-order valence-corrected chi connectivity index (χ2v) is 3.75. The average molecular weight is 225 g/mol. The monoisotopic (exact) mass is 224 g/mol. The quantitative estimate of drug-likeness (QED) is 0.745. The number of ether oxygens (including phenoxy) is 1. The molecule has 0 aromatic carbocycles. The molecule has 2 aromatic rings. The first kappa shape index (κ1) is 8.94. The first-order chi connectivity index (χ1) is 7.33. The zero-order valence-electron chi connectivity index (χ0n) is 7.90. The van der Waals surface area contributed by atoms with E-state index in [9.17, 15) is 0 Å². The van der Waals surface area contributed by atoms with Gasteiger partial charge in [0.05, 0.1) is 12.1 Å². The lowest BCUT2D eigenvalue weighted by atomic mass is 10.4. The topological polar surface area (TPSA) is 54.0 Å². The Morgan fingerprint density at radius 2 is 2.33 bits per heavy atom. The Bertz CT molecular complexity index is 492. The first-order valence-corrected chi connectivity index (χ1v) is 5.06. The summed E-state index contributed by atoms with van der Waals surface area (Å²) in [5, 5.41) is 0.457. The number of anilines is 1. The van der Waals surface area contributed by atoms with Crippen LogP contribution in [0.4, 0.5) is 5.95 Å². The third-order valence-corrected chi connectivity index (χ3v) is 2.56. The highest BCUT2D eigenvalue weighted by Crippen LogP contribution is 2.19. The van der Waals surface area contributed by atoms with E-state index in [1.807, 2.05) is 11.0 Å². The standard InChI is InChI=1S/C9H9ClN4O/c10-7-2-1-6-8(12-7)13-9(11-6)14-3-4-15-5-14/h1-2H,3-5H2,(H,11,12,13). The summed E-state index contributed by atoms with van der Waals surface area (Å²) in [5.41, 5.74) is 1.53. The van der Waals surface area contributed by atoms with Crippen LogP contribution in [0.1, 0.15) is 0 Å². The van der Waals surface area contributed by atoms with Crippen LogP contribution in [-0.2, 0) is 4.74 Å². The third kappa shape index (κ3) is 1.53. The molecule has 3 rings (SSSR count). The summed E-state index contributed by atoms with van der Waals surface area (Å²) in [6.07, 6.45) is 0. The zero-order valence-corrected chi connectivity index (χ0v) is 8.66. The van der Waals surface area contributed by atoms with Crippen molar-refractivity contribution in [3.05, 3.63) is 17.3 Å². The summed E-state index contributed by atoms with van der Waals surface area (Å²) < 4.78 is 5.25. The van der Waals surface area contributed by atoms with Gasteiger partial charge in [0.1, 0.15) is 11.9 Å². The van der Waals surface area contributed by atoms with Crippen molar-refractivity contribution in [1.82, 2.24) is 15.0 Å². The smallest absolute Gasteiger partial charge is 0.207 e. The Labute approximate surface area is 91.0 Å². The van der Waals surface area contributed by atoms with Crippen molar-refractivity contribution in [2.24, 2.45) is 0 Å². The largest absolute Gasteiger partial charge is 0.359 e. The van der Waals surface area contributed by atoms with Gasteiger partial charge in [0.2, 0.25) is 5.95 Å². The molecule has 1 aliphatic heterocycles. The second-order valence-electron chi connectivity index (χ2n) is 3.37. The van der Waals surface area contributed by atoms with Gasteiger partial charge >= 0.3 is 0 Å². The maximum atomic E-state index is 5.78. The number of aromatic amines is 1. The normalized spacial score (nSPS) is 16.5. The Morgan fingerprint density at radius 3 is 3.13 bits per heavy atom. The predicted molar refractivity (Wildman–Crippen MR) is 57.1 cm³/mol. The Morgan fingerprint density at radius 1 is 1.40 bits per heavy atom. The second kappa shape index (κ2) is 3.36. The molecule has 0 unspecified atom stereocenters. The van der Waals surface area contributed by atoms with Gasteiger partial charge in [-0.05, 0) is 12.1 Å². The maximum absolute atomic E-state index is 5.78. The Hall–Kier alpha value is -1.33. The molecule has 1 saturated heterocycles. The lowest BCUT2D eigenvalue weighted by molar-refractivity contribution is 0.200. The lowest BCUT2D eigenvalue weighted by Gasteiger charge is -2.09. The van der Waals surface area contributed by atoms with Crippen molar-refractivity contribution in [3.8, 4) is 0 Å². The molecular formula is C9H9ClN4O. The van der Waals surface area contributed by atoms with Gasteiger partial charge in [-0.3, -0.25) is 0 Å². The summed E-state index contributed by atoms with van der Waals surface area (Å²) in [4.78, 5) is 13.7. The van der Waals surface area contributed by atoms with Crippen LogP contribution in [0, 0.1) is 0 Å². The van der Waals surface area contributed by atoms with Crippen LogP contribution >= 0.6 is 11.6 Å². The van der Waals surface area contributed by atoms with E-state index in [-0.39, 0.29) is 0 Å². The van der Waals surface area contributed by atoms with E-state index in [4.69, 9.17) is 16.3 Å². The minimum absolute atomic E-state index is 0.457. The average Bonchev–Trinajstić information content (AvgIpc) is 2.84. The molecule has 5 nitrogen and oxygen atoms in total. The Kier molecular flexibility index (Phi) is 2.00. The van der Waals surface area contributed by atoms with Crippen LogP contribution in [0.2, 0.25) is 5.15 Å². The molecule has 0 aliphatic carbocycles. The third-order valence-electron chi connectivity index (χ3n) is 2.35. The number of imidazole rings is 1. The minimum atomic E-state index is 0.457. The van der Waals surface area contributed by atoms with Crippen LogP contribution in [0.5, 0.6) is 0 Å². The van der Waals surface area contributed by atoms with Gasteiger partial charge < -0.3 is 14.6 Å². The summed E-state index contributed by atoms with van der Waals surface area (Å²) in [5.74, 6) is 0.789. The van der Waals surface area contributed by atoms with E-state index in [0.717, 1.165) is 24.6 Å². The summed E-state index contributed by atoms with van der Waals surface area (Å²) >= 11 is 5.78. The van der Waals surface area contributed by atoms with Crippen molar-refractivity contribution in [1.29, 1.82) is 0 Å². The van der Waals surface area contributed by atoms with E-state index in [0.29, 0.717) is 17.5 Å². The number of nitrogens with one attached hydrogen (secondary N) is 1. The van der Waals surface area contributed by atoms with E-state index >= 15 is 0 Å². The fraction of sp³-hybridized carbons (Fsp3) is 0.333. The number of hydrogen-bond acceptors (Lipinski definition) is 4. The summed E-state index contributed by atoms with van der Waals surface area (Å²) in [6.45, 7) is 2.17. The van der Waals surface area contributed by atoms with E-state index < -0.39 is 0 Å². The number of pyridine rings is 1. The van der Waals surface area contributed by atoms with Crippen molar-refractivity contribution in [3.63, 3.8) is 0 Å². The van der Waals surface area contributed by atoms with Gasteiger partial charge in [0, 0.05) is 6.54 Å². The van der Waals surface area contributed by atoms with Gasteiger partial charge in [-0.2, -0.15) is 4.98 Å². The number of rotatable bonds is 1. The fourth-order valence-corrected chi connectivity index (χ4v) is 1.73. The highest BCUT2D eigenvalue weighted by molar-refractivity contribution is 6.29. The van der Waals surface area contributed by atoms with Crippen LogP contribution in [-0.4, -0.2) is 34.8 Å². The summed E-state index contributed by atoms with van der Waals surface area (Å²) in [6, 6.07) is 3.62. The molecule has 2 aromatic heterocycles. The minimum Gasteiger partial charge on any atom is -0.359 e. The van der Waals surface area contributed by atoms with Crippen molar-refractivity contribution >= 4 is 28.7 Å². The molecule has 1 fully saturated rings. The molecule has 0 radical (unpaired) electrons. The van der Waals surface area contributed by atoms with Crippen molar-refractivity contribution < 1.29 is 4.74 Å². The zero-order chi connectivity index (χ0) is 10.3. The maximum Gasteiger partial charge on any atom is 0.207 e. The Balaban J connectivity index is 2.05. The molecule has 0 atom stereocenters. The van der Waals surface area contributed by atoms with E-state index in [1.54, 1.807) is 6.07 Å². The predicted octanol–water partition coefficient (Wildman–Crippen LogP) is 1.41. The molecular weight excluding hydrogens is 216 g/mol. The molecule has 3 heterocycles. The van der Waals surface area contributed by atoms with Gasteiger partial charge in [-0.1, -0.05) is 11.6 Å². The van der Waals surface area contributed by atoms with Gasteiger partial charge in [-0.25, -0.2) is 4.98 Å². The van der Waals surface area contributed by atoms with Crippen LogP contribution in [0.25, 0.3) is 11.2 Å². The number of nitrogens with zero attached hydrogens (tertiary/aromatic N) is 3. The van der Waals surface area contributed by atoms with Crippen LogP contribution in [0.15, 0.2) is 12.1 Å². The molecule has 0 spiro atoms. The van der Waals surface area contributed by atoms with Crippen molar-refractivity contribution in [2.45, 2.75) is 0 Å². The molecule has 0 bridgehead atoms. The number of H-pyrrole nitrogens is 1. The highest BCUT2D eigenvalue weighted by Gasteiger charge is 2.16. The SMILES string of the molecule is Clc1ccc2[nH]c(N3CCOC3)nc2n1. The highest BCUT2D eigenvalue weighted by atomic mass is 35.5. The van der Waals surface area contributed by atoms with E-state index in [1.165, 1.54) is 0 Å². The lowest BCUT2D eigenvalue weighted by Crippen LogP contribution is -2.19. The summed E-state index contributed by atoms with van der Waals surface area (Å²) in [7, 11) is 0. The molecule has 0 amide bonds. The van der Waals surface area contributed by atoms with Crippen LogP contribution < -0.4 is 4.90 Å². The number of halogens is 1. The number of aromatic nitrogens is 3. The first-order valence-electron chi connectivity index (χ1n) is 4.68. The van der Waals surface area contributed by atoms with Gasteiger partial charge in [0.25, 0.3) is 0 Å². The molecule has 1 aliphatic rings. The molecule has 6 heteroatoms. The molecule has 15 heavy (non-hydrogen) atoms. The van der Waals surface area contributed by atoms with Gasteiger partial charge in [0.15, 0.2) is 5.65 Å². The molecule has 0 saturated carbocycles. The fourth-order valence-electron chi connectivity index (χ4n) is 1.59. The van der Waals surface area contributed by atoms with Crippen molar-refractivity contribution in [2.75, 3.05) is 24.8 Å². The molecule has 1 N–H and O–H groups in total. The number of fused-ring (bicyclic) bond motifs is 1.